The summed E-state index contributed by atoms with van der Waals surface area (Å²) in [7, 11) is -4.47. The Kier molecular flexibility index (Phi) is 6.85. The van der Waals surface area contributed by atoms with Crippen molar-refractivity contribution < 1.29 is 47.5 Å². The molecule has 0 unspecified atom stereocenters. The second-order valence-electron chi connectivity index (χ2n) is 4.20. The van der Waals surface area contributed by atoms with Crippen LogP contribution in [0.5, 0.6) is 0 Å². The Morgan fingerprint density at radius 3 is 2.09 bits per heavy atom. The van der Waals surface area contributed by atoms with Crippen LogP contribution in [0.25, 0.3) is 0 Å². The van der Waals surface area contributed by atoms with Gasteiger partial charge in [0.25, 0.3) is 5.69 Å². The number of rotatable bonds is 5. The number of hydrazone groups is 1. The molecule has 0 aromatic heterocycles. The molecule has 0 amide bonds. The summed E-state index contributed by atoms with van der Waals surface area (Å²) in [5.74, 6) is 0. The SMILES string of the molecule is O=[N+]([O-])c1ccc(/C=N/Nc2ccc(S(=O)(=O)[O-])cc2)cc1.[Na+]. The maximum absolute atomic E-state index is 10.8. The van der Waals surface area contributed by atoms with Crippen molar-refractivity contribution in [3.8, 4) is 0 Å². The third-order valence-electron chi connectivity index (χ3n) is 2.65. The van der Waals surface area contributed by atoms with Gasteiger partial charge in [-0.05, 0) is 42.0 Å². The molecule has 0 bridgehead atoms. The van der Waals surface area contributed by atoms with Gasteiger partial charge in [-0.1, -0.05) is 0 Å². The van der Waals surface area contributed by atoms with Gasteiger partial charge in [0.2, 0.25) is 0 Å². The average molecular weight is 343 g/mol. The third-order valence-corrected chi connectivity index (χ3v) is 3.50. The van der Waals surface area contributed by atoms with Crippen LogP contribution in [0.2, 0.25) is 0 Å². The number of nitro groups is 1. The van der Waals surface area contributed by atoms with Crippen LogP contribution in [0, 0.1) is 10.1 Å². The number of benzene rings is 2. The van der Waals surface area contributed by atoms with Gasteiger partial charge in [0.1, 0.15) is 10.1 Å². The van der Waals surface area contributed by atoms with E-state index in [9.17, 15) is 23.1 Å². The molecule has 0 fully saturated rings. The van der Waals surface area contributed by atoms with Crippen LogP contribution < -0.4 is 35.0 Å². The minimum Gasteiger partial charge on any atom is -0.744 e. The first-order valence-electron chi connectivity index (χ1n) is 5.96. The van der Waals surface area contributed by atoms with E-state index < -0.39 is 15.0 Å². The zero-order valence-corrected chi connectivity index (χ0v) is 14.9. The molecular weight excluding hydrogens is 333 g/mol. The number of anilines is 1. The Balaban J connectivity index is 0.00000264. The fourth-order valence-corrected chi connectivity index (χ4v) is 2.03. The van der Waals surface area contributed by atoms with Crippen molar-refractivity contribution in [2.45, 2.75) is 4.90 Å². The van der Waals surface area contributed by atoms with Crippen molar-refractivity contribution >= 4 is 27.7 Å². The third kappa shape index (κ3) is 5.73. The maximum atomic E-state index is 10.8. The van der Waals surface area contributed by atoms with Crippen molar-refractivity contribution in [1.82, 2.24) is 0 Å². The van der Waals surface area contributed by atoms with Crippen LogP contribution in [0.15, 0.2) is 58.5 Å². The number of non-ortho nitro benzene ring substituents is 1. The van der Waals surface area contributed by atoms with Crippen molar-refractivity contribution in [3.05, 3.63) is 64.2 Å². The quantitative estimate of drug-likeness (QED) is 0.243. The van der Waals surface area contributed by atoms with Crippen LogP contribution in [0.4, 0.5) is 11.4 Å². The van der Waals surface area contributed by atoms with E-state index in [2.05, 4.69) is 10.5 Å². The molecule has 0 spiro atoms. The molecule has 0 atom stereocenters. The Labute approximate surface area is 154 Å². The van der Waals surface area contributed by atoms with Crippen molar-refractivity contribution in [1.29, 1.82) is 0 Å². The molecule has 2 aromatic carbocycles. The molecule has 0 radical (unpaired) electrons. The summed E-state index contributed by atoms with van der Waals surface area (Å²) in [5, 5.41) is 14.4. The summed E-state index contributed by atoms with van der Waals surface area (Å²) in [4.78, 5) is 9.69. The molecule has 114 valence electrons. The molecule has 0 saturated heterocycles. The van der Waals surface area contributed by atoms with Crippen LogP contribution in [-0.4, -0.2) is 24.1 Å². The Bertz CT molecular complexity index is 805. The van der Waals surface area contributed by atoms with E-state index in [-0.39, 0.29) is 40.1 Å². The minimum absolute atomic E-state index is 0. The largest absolute Gasteiger partial charge is 1.00 e. The van der Waals surface area contributed by atoms with Crippen LogP contribution >= 0.6 is 0 Å². The summed E-state index contributed by atoms with van der Waals surface area (Å²) in [6.07, 6.45) is 1.45. The van der Waals surface area contributed by atoms with Crippen molar-refractivity contribution in [3.63, 3.8) is 0 Å². The number of nitro benzene ring substituents is 1. The summed E-state index contributed by atoms with van der Waals surface area (Å²) < 4.78 is 32.3. The smallest absolute Gasteiger partial charge is 0.744 e. The van der Waals surface area contributed by atoms with E-state index in [1.807, 2.05) is 0 Å². The fourth-order valence-electron chi connectivity index (χ4n) is 1.56. The number of hydrogen-bond donors (Lipinski definition) is 1. The summed E-state index contributed by atoms with van der Waals surface area (Å²) in [6, 6.07) is 10.9. The first-order chi connectivity index (χ1) is 10.4. The number of hydrogen-bond acceptors (Lipinski definition) is 7. The van der Waals surface area contributed by atoms with Gasteiger partial charge >= 0.3 is 29.6 Å². The van der Waals surface area contributed by atoms with Crippen LogP contribution in [0.1, 0.15) is 5.56 Å². The van der Waals surface area contributed by atoms with E-state index in [1.165, 1.54) is 54.7 Å². The van der Waals surface area contributed by atoms with Gasteiger partial charge in [-0.3, -0.25) is 15.5 Å². The Morgan fingerprint density at radius 2 is 1.61 bits per heavy atom. The van der Waals surface area contributed by atoms with Gasteiger partial charge in [-0.2, -0.15) is 5.10 Å². The standard InChI is InChI=1S/C13H11N3O5S.Na/c17-16(18)12-5-1-10(2-6-12)9-14-15-11-3-7-13(8-4-11)22(19,20)21;/h1-9,15H,(H,19,20,21);/q;+1/p-1/b14-9+;. The van der Waals surface area contributed by atoms with Gasteiger partial charge in [0.15, 0.2) is 0 Å². The average Bonchev–Trinajstić information content (AvgIpc) is 2.47. The molecule has 0 aliphatic rings. The second kappa shape index (κ2) is 8.18. The van der Waals surface area contributed by atoms with E-state index in [1.54, 1.807) is 0 Å². The molecule has 23 heavy (non-hydrogen) atoms. The summed E-state index contributed by atoms with van der Waals surface area (Å²) in [6.45, 7) is 0. The topological polar surface area (TPSA) is 125 Å². The Hall–Kier alpha value is -1.78. The molecule has 10 heteroatoms. The normalized spacial score (nSPS) is 11.0. The predicted octanol–water partition coefficient (Wildman–Crippen LogP) is -1.05. The predicted molar refractivity (Wildman–Crippen MR) is 78.7 cm³/mol. The van der Waals surface area contributed by atoms with Crippen molar-refractivity contribution in [2.75, 3.05) is 5.43 Å². The number of nitrogens with zero attached hydrogens (tertiary/aromatic N) is 2. The summed E-state index contributed by atoms with van der Waals surface area (Å²) in [5.41, 5.74) is 3.77. The van der Waals surface area contributed by atoms with E-state index >= 15 is 0 Å². The fraction of sp³-hybridized carbons (Fsp3) is 0. The number of nitrogens with one attached hydrogen (secondary N) is 1. The molecule has 8 nitrogen and oxygen atoms in total. The van der Waals surface area contributed by atoms with E-state index in [0.29, 0.717) is 11.3 Å². The second-order valence-corrected chi connectivity index (χ2v) is 5.58. The van der Waals surface area contributed by atoms with Gasteiger partial charge in [-0.25, -0.2) is 8.42 Å². The zero-order chi connectivity index (χ0) is 16.2. The first-order valence-corrected chi connectivity index (χ1v) is 7.36. The molecular formula is C13H10N3NaO5S. The molecule has 2 rings (SSSR count). The van der Waals surface area contributed by atoms with E-state index in [0.717, 1.165) is 0 Å². The van der Waals surface area contributed by atoms with Gasteiger partial charge in [0.05, 0.1) is 21.7 Å². The van der Waals surface area contributed by atoms with Crippen molar-refractivity contribution in [2.24, 2.45) is 5.10 Å². The maximum Gasteiger partial charge on any atom is 1.00 e. The van der Waals surface area contributed by atoms with Gasteiger partial charge in [-0.15, -0.1) is 0 Å². The molecule has 0 heterocycles. The minimum atomic E-state index is -4.47. The molecule has 1 N–H and O–H groups in total. The van der Waals surface area contributed by atoms with Gasteiger partial charge in [0, 0.05) is 12.1 Å². The zero-order valence-electron chi connectivity index (χ0n) is 12.0. The van der Waals surface area contributed by atoms with E-state index in [4.69, 9.17) is 0 Å². The Morgan fingerprint density at radius 1 is 1.04 bits per heavy atom. The molecule has 0 saturated carbocycles. The van der Waals surface area contributed by atoms with Crippen LogP contribution in [0.3, 0.4) is 0 Å². The first kappa shape index (κ1) is 19.3. The molecule has 0 aliphatic carbocycles. The van der Waals surface area contributed by atoms with Crippen LogP contribution in [-0.2, 0) is 10.1 Å². The molecule has 0 aliphatic heterocycles. The monoisotopic (exact) mass is 343 g/mol. The van der Waals surface area contributed by atoms with Gasteiger partial charge < -0.3 is 4.55 Å². The molecule has 2 aromatic rings. The summed E-state index contributed by atoms with van der Waals surface area (Å²) >= 11 is 0.